The van der Waals surface area contributed by atoms with Crippen molar-refractivity contribution in [3.05, 3.63) is 0 Å². The Labute approximate surface area is 140 Å². The second kappa shape index (κ2) is 7.91. The van der Waals surface area contributed by atoms with E-state index in [9.17, 15) is 13.6 Å². The molecule has 1 aliphatic carbocycles. The molecule has 0 atom stereocenters. The van der Waals surface area contributed by atoms with Gasteiger partial charge < -0.3 is 10.6 Å². The Morgan fingerprint density at radius 3 is 1.96 bits per heavy atom. The minimum atomic E-state index is -2.54. The van der Waals surface area contributed by atoms with Gasteiger partial charge in [0.1, 0.15) is 0 Å². The summed E-state index contributed by atoms with van der Waals surface area (Å²) in [7, 11) is 0. The Morgan fingerprint density at radius 1 is 1.04 bits per heavy atom. The molecule has 0 radical (unpaired) electrons. The molecular weight excluding hydrogens is 298 g/mol. The molecule has 2 aliphatic rings. The molecule has 1 heterocycles. The number of hydrogen-bond donors (Lipinski definition) is 2. The van der Waals surface area contributed by atoms with Crippen LogP contribution in [-0.4, -0.2) is 30.5 Å². The van der Waals surface area contributed by atoms with Gasteiger partial charge >= 0.3 is 0 Å². The second-order valence-corrected chi connectivity index (χ2v) is 7.74. The number of nitrogens with one attached hydrogen (secondary N) is 2. The van der Waals surface area contributed by atoms with E-state index in [1.165, 1.54) is 0 Å². The van der Waals surface area contributed by atoms with Gasteiger partial charge in [-0.15, -0.1) is 0 Å². The number of halogens is 2. The molecule has 0 unspecified atom stereocenters. The maximum absolute atomic E-state index is 13.4. The van der Waals surface area contributed by atoms with E-state index in [1.54, 1.807) is 0 Å². The van der Waals surface area contributed by atoms with E-state index >= 15 is 0 Å². The van der Waals surface area contributed by atoms with Gasteiger partial charge in [0.05, 0.1) is 5.41 Å². The van der Waals surface area contributed by atoms with Crippen molar-refractivity contribution in [2.24, 2.45) is 11.3 Å². The number of hydrogen-bond acceptors (Lipinski definition) is 2. The molecular formula is C18H34F2N2O. The maximum Gasteiger partial charge on any atom is 0.248 e. The molecule has 2 fully saturated rings. The summed E-state index contributed by atoms with van der Waals surface area (Å²) < 4.78 is 26.9. The van der Waals surface area contributed by atoms with Gasteiger partial charge in [0.2, 0.25) is 11.8 Å². The summed E-state index contributed by atoms with van der Waals surface area (Å²) in [6, 6.07) is 0. The first kappa shape index (κ1) is 20.3. The number of carbonyl (C=O) groups excluding carboxylic acids is 1. The molecule has 0 spiro atoms. The average Bonchev–Trinajstić information content (AvgIpc) is 2.48. The van der Waals surface area contributed by atoms with Crippen molar-refractivity contribution < 1.29 is 13.6 Å². The topological polar surface area (TPSA) is 41.1 Å². The average molecular weight is 332 g/mol. The molecule has 2 N–H and O–H groups in total. The summed E-state index contributed by atoms with van der Waals surface area (Å²) in [5, 5.41) is 6.38. The first-order valence-corrected chi connectivity index (χ1v) is 9.06. The normalized spacial score (nSPS) is 24.3. The summed E-state index contributed by atoms with van der Waals surface area (Å²) >= 11 is 0. The highest BCUT2D eigenvalue weighted by Crippen LogP contribution is 2.48. The van der Waals surface area contributed by atoms with Gasteiger partial charge in [-0.2, -0.15) is 0 Å². The van der Waals surface area contributed by atoms with Crippen LogP contribution in [0, 0.1) is 11.3 Å². The molecule has 5 heteroatoms. The van der Waals surface area contributed by atoms with Crippen molar-refractivity contribution in [3.63, 3.8) is 0 Å². The predicted molar refractivity (Wildman–Crippen MR) is 90.7 cm³/mol. The molecule has 136 valence electrons. The van der Waals surface area contributed by atoms with Gasteiger partial charge in [0, 0.05) is 18.4 Å². The number of alkyl halides is 2. The molecule has 1 amide bonds. The third-order valence-electron chi connectivity index (χ3n) is 4.94. The summed E-state index contributed by atoms with van der Waals surface area (Å²) in [4.78, 5) is 12.9. The summed E-state index contributed by atoms with van der Waals surface area (Å²) in [5.41, 5.74) is -0.747. The lowest BCUT2D eigenvalue weighted by molar-refractivity contribution is -0.142. The minimum Gasteiger partial charge on any atom is -0.351 e. The van der Waals surface area contributed by atoms with E-state index in [4.69, 9.17) is 0 Å². The predicted octanol–water partition coefficient (Wildman–Crippen LogP) is 4.12. The van der Waals surface area contributed by atoms with Crippen LogP contribution in [0.5, 0.6) is 0 Å². The monoisotopic (exact) mass is 332 g/mol. The lowest BCUT2D eigenvalue weighted by Crippen LogP contribution is -2.56. The highest BCUT2D eigenvalue weighted by atomic mass is 19.3. The van der Waals surface area contributed by atoms with Crippen LogP contribution in [0.15, 0.2) is 0 Å². The SMILES string of the molecule is CC.CC(C)(C)NC(=O)C1(C2CCC(F)(F)CC2)CCNCC1. The van der Waals surface area contributed by atoms with Gasteiger partial charge in [-0.25, -0.2) is 8.78 Å². The molecule has 1 saturated heterocycles. The first-order chi connectivity index (χ1) is 10.6. The van der Waals surface area contributed by atoms with E-state index < -0.39 is 11.3 Å². The quantitative estimate of drug-likeness (QED) is 0.798. The number of piperidine rings is 1. The zero-order valence-electron chi connectivity index (χ0n) is 15.4. The van der Waals surface area contributed by atoms with Gasteiger partial charge in [0.15, 0.2) is 0 Å². The molecule has 0 bridgehead atoms. The fraction of sp³-hybridized carbons (Fsp3) is 0.944. The Hall–Kier alpha value is -0.710. The fourth-order valence-electron chi connectivity index (χ4n) is 3.75. The van der Waals surface area contributed by atoms with E-state index in [2.05, 4.69) is 10.6 Å². The molecule has 0 aromatic carbocycles. The Bertz CT molecular complexity index is 375. The molecule has 3 nitrogen and oxygen atoms in total. The Kier molecular flexibility index (Phi) is 6.99. The van der Waals surface area contributed by atoms with Crippen molar-refractivity contribution in [2.75, 3.05) is 13.1 Å². The Balaban J connectivity index is 0.00000127. The van der Waals surface area contributed by atoms with Gasteiger partial charge in [-0.1, -0.05) is 13.8 Å². The van der Waals surface area contributed by atoms with E-state index in [-0.39, 0.29) is 30.2 Å². The van der Waals surface area contributed by atoms with Gasteiger partial charge in [0.25, 0.3) is 0 Å². The van der Waals surface area contributed by atoms with Crippen molar-refractivity contribution in [1.29, 1.82) is 0 Å². The van der Waals surface area contributed by atoms with Crippen LogP contribution in [0.25, 0.3) is 0 Å². The largest absolute Gasteiger partial charge is 0.351 e. The van der Waals surface area contributed by atoms with Gasteiger partial charge in [-0.3, -0.25) is 4.79 Å². The smallest absolute Gasteiger partial charge is 0.248 e. The van der Waals surface area contributed by atoms with Crippen LogP contribution in [0.3, 0.4) is 0 Å². The summed E-state index contributed by atoms with van der Waals surface area (Å²) in [6.07, 6.45) is 2.29. The Morgan fingerprint density at radius 2 is 1.52 bits per heavy atom. The molecule has 1 aliphatic heterocycles. The number of rotatable bonds is 2. The van der Waals surface area contributed by atoms with Crippen LogP contribution in [0.1, 0.15) is 73.1 Å². The third-order valence-corrected chi connectivity index (χ3v) is 4.94. The zero-order chi connectivity index (χ0) is 17.7. The number of carbonyl (C=O) groups is 1. The molecule has 2 rings (SSSR count). The van der Waals surface area contributed by atoms with E-state index in [0.717, 1.165) is 25.9 Å². The second-order valence-electron chi connectivity index (χ2n) is 7.74. The maximum atomic E-state index is 13.4. The van der Waals surface area contributed by atoms with Crippen LogP contribution in [-0.2, 0) is 4.79 Å². The fourth-order valence-corrected chi connectivity index (χ4v) is 3.75. The van der Waals surface area contributed by atoms with Crippen molar-refractivity contribution in [2.45, 2.75) is 84.6 Å². The third kappa shape index (κ3) is 5.40. The highest BCUT2D eigenvalue weighted by molar-refractivity contribution is 5.83. The van der Waals surface area contributed by atoms with E-state index in [1.807, 2.05) is 34.6 Å². The zero-order valence-corrected chi connectivity index (χ0v) is 15.4. The van der Waals surface area contributed by atoms with Crippen LogP contribution >= 0.6 is 0 Å². The lowest BCUT2D eigenvalue weighted by Gasteiger charge is -2.46. The van der Waals surface area contributed by atoms with Crippen molar-refractivity contribution >= 4 is 5.91 Å². The van der Waals surface area contributed by atoms with Crippen LogP contribution in [0.2, 0.25) is 0 Å². The van der Waals surface area contributed by atoms with E-state index in [0.29, 0.717) is 12.8 Å². The molecule has 1 saturated carbocycles. The minimum absolute atomic E-state index is 0.0618. The lowest BCUT2D eigenvalue weighted by atomic mass is 9.63. The van der Waals surface area contributed by atoms with Gasteiger partial charge in [-0.05, 0) is 65.5 Å². The highest BCUT2D eigenvalue weighted by Gasteiger charge is 2.50. The van der Waals surface area contributed by atoms with Crippen LogP contribution < -0.4 is 10.6 Å². The summed E-state index contributed by atoms with van der Waals surface area (Å²) in [6.45, 7) is 11.5. The standard InChI is InChI=1S/C16H28F2N2O.C2H6/c1-14(2,3)20-13(21)15(8-10-19-11-9-15)12-4-6-16(17,18)7-5-12;1-2/h12,19H,4-11H2,1-3H3,(H,20,21);1-2H3. The molecule has 0 aromatic heterocycles. The summed E-state index contributed by atoms with van der Waals surface area (Å²) in [5.74, 6) is -2.39. The molecule has 23 heavy (non-hydrogen) atoms. The first-order valence-electron chi connectivity index (χ1n) is 9.06. The van der Waals surface area contributed by atoms with Crippen molar-refractivity contribution in [1.82, 2.24) is 10.6 Å². The van der Waals surface area contributed by atoms with Crippen LogP contribution in [0.4, 0.5) is 8.78 Å². The molecule has 0 aromatic rings. The number of amides is 1. The van der Waals surface area contributed by atoms with Crippen molar-refractivity contribution in [3.8, 4) is 0 Å².